The third-order valence-corrected chi connectivity index (χ3v) is 1.69. The van der Waals surface area contributed by atoms with E-state index < -0.39 is 37.0 Å². The highest BCUT2D eigenvalue weighted by Crippen LogP contribution is 2.46. The summed E-state index contributed by atoms with van der Waals surface area (Å²) < 4.78 is 89.4. The second-order valence-corrected chi connectivity index (χ2v) is 3.15. The lowest BCUT2D eigenvalue weighted by molar-refractivity contribution is -0.386. The van der Waals surface area contributed by atoms with Crippen LogP contribution >= 0.6 is 0 Å². The molecule has 0 aliphatic carbocycles. The molecule has 0 fully saturated rings. The summed E-state index contributed by atoms with van der Waals surface area (Å²) in [6.45, 7) is -1.64. The minimum atomic E-state index is -6.11. The van der Waals surface area contributed by atoms with Gasteiger partial charge in [0, 0.05) is 6.42 Å². The van der Waals surface area contributed by atoms with Crippen LogP contribution in [0.4, 0.5) is 30.7 Å². The molecule has 0 rings (SSSR count). The highest BCUT2D eigenvalue weighted by atomic mass is 19.4. The number of halogens is 7. The van der Waals surface area contributed by atoms with Gasteiger partial charge in [-0.1, -0.05) is 6.92 Å². The quantitative estimate of drug-likeness (QED) is 0.547. The van der Waals surface area contributed by atoms with Crippen LogP contribution in [0, 0.1) is 0 Å². The Morgan fingerprint density at radius 1 is 1.12 bits per heavy atom. The summed E-state index contributed by atoms with van der Waals surface area (Å²) in [4.78, 5) is 10.5. The van der Waals surface area contributed by atoms with E-state index in [0.717, 1.165) is 0 Å². The van der Waals surface area contributed by atoms with Crippen LogP contribution in [0.15, 0.2) is 0 Å². The molecular formula is C8H9F7O2. The topological polar surface area (TPSA) is 26.3 Å². The van der Waals surface area contributed by atoms with Crippen molar-refractivity contribution in [3.63, 3.8) is 0 Å². The van der Waals surface area contributed by atoms with E-state index in [0.29, 0.717) is 0 Å². The van der Waals surface area contributed by atoms with Crippen LogP contribution in [-0.2, 0) is 9.53 Å². The normalized spacial score (nSPS) is 13.6. The first-order chi connectivity index (χ1) is 7.52. The summed E-state index contributed by atoms with van der Waals surface area (Å²) in [6, 6.07) is 0. The molecule has 0 unspecified atom stereocenters. The predicted molar refractivity (Wildman–Crippen MR) is 41.8 cm³/mol. The maximum atomic E-state index is 12.6. The second kappa shape index (κ2) is 5.09. The standard InChI is InChI=1S/C8H9F7O2/c1-2-3-5(16)17-8(14,15)7(12,13)6(10,11)4-9/h2-4H2,1H3. The molecule has 0 aromatic heterocycles. The summed E-state index contributed by atoms with van der Waals surface area (Å²) in [5, 5.41) is 0. The van der Waals surface area contributed by atoms with Crippen molar-refractivity contribution in [3.8, 4) is 0 Å². The van der Waals surface area contributed by atoms with Crippen molar-refractivity contribution >= 4 is 5.97 Å². The first-order valence-electron chi connectivity index (χ1n) is 4.43. The molecule has 0 amide bonds. The molecule has 0 N–H and O–H groups in total. The molecule has 0 radical (unpaired) electrons. The lowest BCUT2D eigenvalue weighted by Crippen LogP contribution is -2.57. The number of carbonyl (C=O) groups excluding carboxylic acids is 1. The van der Waals surface area contributed by atoms with Gasteiger partial charge in [-0.2, -0.15) is 26.3 Å². The van der Waals surface area contributed by atoms with Crippen molar-refractivity contribution in [2.75, 3.05) is 6.67 Å². The fraction of sp³-hybridized carbons (Fsp3) is 0.875. The molecule has 0 heterocycles. The molecule has 9 heteroatoms. The van der Waals surface area contributed by atoms with Crippen LogP contribution in [0.3, 0.4) is 0 Å². The molecule has 17 heavy (non-hydrogen) atoms. The number of alkyl halides is 7. The zero-order valence-electron chi connectivity index (χ0n) is 8.58. The van der Waals surface area contributed by atoms with Gasteiger partial charge in [-0.3, -0.25) is 4.79 Å². The van der Waals surface area contributed by atoms with Gasteiger partial charge in [0.2, 0.25) is 0 Å². The van der Waals surface area contributed by atoms with Gasteiger partial charge < -0.3 is 4.74 Å². The van der Waals surface area contributed by atoms with E-state index in [4.69, 9.17) is 0 Å². The molecule has 2 nitrogen and oxygen atoms in total. The second-order valence-electron chi connectivity index (χ2n) is 3.15. The zero-order valence-corrected chi connectivity index (χ0v) is 8.58. The maximum Gasteiger partial charge on any atom is 0.473 e. The van der Waals surface area contributed by atoms with Crippen LogP contribution in [0.2, 0.25) is 0 Å². The molecule has 0 aromatic rings. The van der Waals surface area contributed by atoms with Gasteiger partial charge in [-0.25, -0.2) is 4.39 Å². The molecule has 0 spiro atoms. The Kier molecular flexibility index (Phi) is 4.79. The largest absolute Gasteiger partial charge is 0.473 e. The third-order valence-electron chi connectivity index (χ3n) is 1.69. The van der Waals surface area contributed by atoms with Gasteiger partial charge in [-0.05, 0) is 6.42 Å². The molecule has 0 saturated carbocycles. The Labute approximate surface area is 91.7 Å². The SMILES string of the molecule is CCCC(=O)OC(F)(F)C(F)(F)C(F)(F)CF. The van der Waals surface area contributed by atoms with E-state index in [2.05, 4.69) is 4.74 Å². The fourth-order valence-corrected chi connectivity index (χ4v) is 0.759. The van der Waals surface area contributed by atoms with Crippen LogP contribution < -0.4 is 0 Å². The summed E-state index contributed by atoms with van der Waals surface area (Å²) >= 11 is 0. The van der Waals surface area contributed by atoms with E-state index in [-0.39, 0.29) is 6.42 Å². The van der Waals surface area contributed by atoms with Crippen molar-refractivity contribution in [3.05, 3.63) is 0 Å². The van der Waals surface area contributed by atoms with E-state index >= 15 is 0 Å². The van der Waals surface area contributed by atoms with Gasteiger partial charge in [0.05, 0.1) is 0 Å². The van der Waals surface area contributed by atoms with E-state index in [9.17, 15) is 35.5 Å². The van der Waals surface area contributed by atoms with Crippen LogP contribution in [0.5, 0.6) is 0 Å². The number of esters is 1. The number of carbonyl (C=O) groups is 1. The highest BCUT2D eigenvalue weighted by Gasteiger charge is 2.74. The lowest BCUT2D eigenvalue weighted by atomic mass is 10.1. The lowest BCUT2D eigenvalue weighted by Gasteiger charge is -2.29. The minimum absolute atomic E-state index is 0.0000112. The monoisotopic (exact) mass is 270 g/mol. The van der Waals surface area contributed by atoms with E-state index in [1.165, 1.54) is 6.92 Å². The predicted octanol–water partition coefficient (Wildman–Crippen LogP) is 3.16. The average molecular weight is 270 g/mol. The van der Waals surface area contributed by atoms with Gasteiger partial charge in [-0.15, -0.1) is 0 Å². The molecule has 0 aliphatic rings. The highest BCUT2D eigenvalue weighted by molar-refractivity contribution is 5.69. The summed E-state index contributed by atoms with van der Waals surface area (Å²) in [5.41, 5.74) is 0. The van der Waals surface area contributed by atoms with Crippen molar-refractivity contribution in [2.24, 2.45) is 0 Å². The smallest absolute Gasteiger partial charge is 0.396 e. The van der Waals surface area contributed by atoms with Gasteiger partial charge in [0.15, 0.2) is 6.67 Å². The Bertz CT molecular complexity index is 277. The molecule has 0 atom stereocenters. The molecule has 0 bridgehead atoms. The van der Waals surface area contributed by atoms with Crippen molar-refractivity contribution < 1.29 is 40.3 Å². The fourth-order valence-electron chi connectivity index (χ4n) is 0.759. The Morgan fingerprint density at radius 2 is 1.59 bits per heavy atom. The van der Waals surface area contributed by atoms with Crippen LogP contribution in [0.25, 0.3) is 0 Å². The van der Waals surface area contributed by atoms with Crippen LogP contribution in [0.1, 0.15) is 19.8 Å². The first-order valence-corrected chi connectivity index (χ1v) is 4.43. The molecule has 0 aromatic carbocycles. The molecule has 102 valence electrons. The molecule has 0 aliphatic heterocycles. The number of hydrogen-bond donors (Lipinski definition) is 0. The van der Waals surface area contributed by atoms with Crippen molar-refractivity contribution in [1.29, 1.82) is 0 Å². The Hall–Kier alpha value is -1.02. The number of ether oxygens (including phenoxy) is 1. The van der Waals surface area contributed by atoms with Gasteiger partial charge >= 0.3 is 23.9 Å². The summed E-state index contributed by atoms with van der Waals surface area (Å²) in [7, 11) is 0. The van der Waals surface area contributed by atoms with Crippen molar-refractivity contribution in [2.45, 2.75) is 37.7 Å². The first kappa shape index (κ1) is 16.0. The molecule has 0 saturated heterocycles. The average Bonchev–Trinajstić information content (AvgIpc) is 2.16. The Morgan fingerprint density at radius 3 is 1.94 bits per heavy atom. The van der Waals surface area contributed by atoms with Crippen molar-refractivity contribution in [1.82, 2.24) is 0 Å². The van der Waals surface area contributed by atoms with Crippen LogP contribution in [-0.4, -0.2) is 30.6 Å². The molecular weight excluding hydrogens is 261 g/mol. The van der Waals surface area contributed by atoms with Gasteiger partial charge in [0.25, 0.3) is 0 Å². The van der Waals surface area contributed by atoms with E-state index in [1.807, 2.05) is 0 Å². The summed E-state index contributed by atoms with van der Waals surface area (Å²) in [6.07, 6.45) is -6.41. The van der Waals surface area contributed by atoms with Gasteiger partial charge in [0.1, 0.15) is 0 Å². The maximum absolute atomic E-state index is 12.6. The number of hydrogen-bond acceptors (Lipinski definition) is 2. The Balaban J connectivity index is 4.97. The zero-order chi connectivity index (χ0) is 13.9. The van der Waals surface area contributed by atoms with E-state index in [1.54, 1.807) is 0 Å². The number of rotatable bonds is 6. The third kappa shape index (κ3) is 3.22. The summed E-state index contributed by atoms with van der Waals surface area (Å²) in [5.74, 6) is -13.5. The minimum Gasteiger partial charge on any atom is -0.396 e.